The Balaban J connectivity index is 1.89. The number of benzene rings is 2. The largest absolute Gasteiger partial charge is 0.506 e. The Kier molecular flexibility index (Phi) is 2.86. The lowest BCUT2D eigenvalue weighted by molar-refractivity contribution is 0.455. The second-order valence-corrected chi connectivity index (χ2v) is 5.47. The maximum Gasteiger partial charge on any atom is 0.138 e. The van der Waals surface area contributed by atoms with Crippen LogP contribution in [0, 0.1) is 0 Å². The standard InChI is InChI=1S/C18H16N2O/c21-17-9-12-5-2-4-8-16(12)20-18(17)15-11-19-10-13-6-1-3-7-14(13)15/h1-9,15,19,21H,10-11H2. The summed E-state index contributed by atoms with van der Waals surface area (Å²) in [4.78, 5) is 4.71. The van der Waals surface area contributed by atoms with Crippen LogP contribution in [0.15, 0.2) is 54.6 Å². The lowest BCUT2D eigenvalue weighted by atomic mass is 9.87. The first kappa shape index (κ1) is 12.4. The minimum Gasteiger partial charge on any atom is -0.506 e. The summed E-state index contributed by atoms with van der Waals surface area (Å²) in [6.07, 6.45) is 0. The van der Waals surface area contributed by atoms with E-state index in [2.05, 4.69) is 29.6 Å². The van der Waals surface area contributed by atoms with E-state index in [1.165, 1.54) is 11.1 Å². The van der Waals surface area contributed by atoms with Crippen molar-refractivity contribution in [3.63, 3.8) is 0 Å². The molecule has 2 N–H and O–H groups in total. The molecule has 21 heavy (non-hydrogen) atoms. The minimum absolute atomic E-state index is 0.0968. The van der Waals surface area contributed by atoms with Gasteiger partial charge in [-0.15, -0.1) is 0 Å². The Bertz CT molecular complexity index is 813. The Morgan fingerprint density at radius 1 is 1.05 bits per heavy atom. The predicted molar refractivity (Wildman–Crippen MR) is 83.4 cm³/mol. The monoisotopic (exact) mass is 276 g/mol. The molecule has 0 spiro atoms. The van der Waals surface area contributed by atoms with E-state index in [1.807, 2.05) is 30.3 Å². The third-order valence-electron chi connectivity index (χ3n) is 4.16. The van der Waals surface area contributed by atoms with Gasteiger partial charge in [-0.3, -0.25) is 0 Å². The van der Waals surface area contributed by atoms with Gasteiger partial charge in [0.2, 0.25) is 0 Å². The number of aromatic hydroxyl groups is 1. The number of aromatic nitrogens is 1. The first-order valence-electron chi connectivity index (χ1n) is 7.20. The zero-order valence-corrected chi connectivity index (χ0v) is 11.6. The molecule has 1 aliphatic heterocycles. The molecule has 1 unspecified atom stereocenters. The summed E-state index contributed by atoms with van der Waals surface area (Å²) in [7, 11) is 0. The van der Waals surface area contributed by atoms with Crippen molar-refractivity contribution in [3.05, 3.63) is 71.4 Å². The minimum atomic E-state index is 0.0968. The topological polar surface area (TPSA) is 45.2 Å². The molecule has 0 bridgehead atoms. The first-order valence-corrected chi connectivity index (χ1v) is 7.20. The van der Waals surface area contributed by atoms with Crippen molar-refractivity contribution in [2.45, 2.75) is 12.5 Å². The molecule has 1 aliphatic rings. The van der Waals surface area contributed by atoms with Crippen LogP contribution in [-0.2, 0) is 6.54 Å². The summed E-state index contributed by atoms with van der Waals surface area (Å²) in [6, 6.07) is 18.1. The van der Waals surface area contributed by atoms with Crippen molar-refractivity contribution >= 4 is 10.9 Å². The Morgan fingerprint density at radius 2 is 1.86 bits per heavy atom. The lowest BCUT2D eigenvalue weighted by Crippen LogP contribution is -2.29. The van der Waals surface area contributed by atoms with E-state index in [-0.39, 0.29) is 11.7 Å². The Hall–Kier alpha value is -2.39. The molecule has 0 fully saturated rings. The smallest absolute Gasteiger partial charge is 0.138 e. The molecule has 1 atom stereocenters. The van der Waals surface area contributed by atoms with Crippen LogP contribution < -0.4 is 5.32 Å². The number of nitrogens with zero attached hydrogens (tertiary/aromatic N) is 1. The van der Waals surface area contributed by atoms with E-state index < -0.39 is 0 Å². The number of pyridine rings is 1. The van der Waals surface area contributed by atoms with Crippen LogP contribution in [0.3, 0.4) is 0 Å². The van der Waals surface area contributed by atoms with Gasteiger partial charge in [0.05, 0.1) is 11.2 Å². The number of rotatable bonds is 1. The number of fused-ring (bicyclic) bond motifs is 2. The van der Waals surface area contributed by atoms with Crippen LogP contribution in [0.5, 0.6) is 5.75 Å². The molecule has 3 heteroatoms. The maximum absolute atomic E-state index is 10.4. The van der Waals surface area contributed by atoms with Gasteiger partial charge in [0, 0.05) is 24.4 Å². The van der Waals surface area contributed by atoms with Crippen molar-refractivity contribution < 1.29 is 5.11 Å². The second-order valence-electron chi connectivity index (χ2n) is 5.47. The van der Waals surface area contributed by atoms with Gasteiger partial charge in [0.25, 0.3) is 0 Å². The molecular formula is C18H16N2O. The van der Waals surface area contributed by atoms with Crippen molar-refractivity contribution in [2.75, 3.05) is 6.54 Å². The van der Waals surface area contributed by atoms with Gasteiger partial charge in [0.15, 0.2) is 0 Å². The van der Waals surface area contributed by atoms with E-state index in [0.29, 0.717) is 0 Å². The van der Waals surface area contributed by atoms with Gasteiger partial charge in [-0.1, -0.05) is 42.5 Å². The lowest BCUT2D eigenvalue weighted by Gasteiger charge is -2.26. The number of para-hydroxylation sites is 1. The summed E-state index contributed by atoms with van der Waals surface area (Å²) >= 11 is 0. The Morgan fingerprint density at radius 3 is 2.81 bits per heavy atom. The van der Waals surface area contributed by atoms with Crippen LogP contribution >= 0.6 is 0 Å². The fourth-order valence-electron chi connectivity index (χ4n) is 3.12. The third-order valence-corrected chi connectivity index (χ3v) is 4.16. The average molecular weight is 276 g/mol. The summed E-state index contributed by atoms with van der Waals surface area (Å²) in [6.45, 7) is 1.68. The van der Waals surface area contributed by atoms with Crippen LogP contribution in [0.1, 0.15) is 22.7 Å². The molecule has 104 valence electrons. The van der Waals surface area contributed by atoms with Crippen LogP contribution in [0.25, 0.3) is 10.9 Å². The zero-order valence-electron chi connectivity index (χ0n) is 11.6. The van der Waals surface area contributed by atoms with Crippen molar-refractivity contribution in [2.24, 2.45) is 0 Å². The highest BCUT2D eigenvalue weighted by Gasteiger charge is 2.25. The van der Waals surface area contributed by atoms with Gasteiger partial charge < -0.3 is 10.4 Å². The van der Waals surface area contributed by atoms with E-state index in [9.17, 15) is 5.11 Å². The molecule has 2 aromatic carbocycles. The van der Waals surface area contributed by atoms with Crippen molar-refractivity contribution in [1.82, 2.24) is 10.3 Å². The molecule has 0 saturated carbocycles. The molecule has 0 aliphatic carbocycles. The molecule has 0 amide bonds. The highest BCUT2D eigenvalue weighted by molar-refractivity contribution is 5.80. The number of hydrogen-bond acceptors (Lipinski definition) is 3. The number of hydrogen-bond donors (Lipinski definition) is 2. The number of nitrogens with one attached hydrogen (secondary N) is 1. The molecule has 3 nitrogen and oxygen atoms in total. The van der Waals surface area contributed by atoms with Crippen LogP contribution in [0.2, 0.25) is 0 Å². The summed E-state index contributed by atoms with van der Waals surface area (Å²) in [5, 5.41) is 14.8. The molecule has 0 saturated heterocycles. The first-order chi connectivity index (χ1) is 10.3. The van der Waals surface area contributed by atoms with Gasteiger partial charge >= 0.3 is 0 Å². The second kappa shape index (κ2) is 4.86. The molecule has 1 aromatic heterocycles. The molecular weight excluding hydrogens is 260 g/mol. The molecule has 4 rings (SSSR count). The van der Waals surface area contributed by atoms with Gasteiger partial charge in [0.1, 0.15) is 5.75 Å². The van der Waals surface area contributed by atoms with E-state index in [4.69, 9.17) is 4.98 Å². The fraction of sp³-hybridized carbons (Fsp3) is 0.167. The van der Waals surface area contributed by atoms with Crippen LogP contribution in [0.4, 0.5) is 0 Å². The van der Waals surface area contributed by atoms with E-state index in [0.717, 1.165) is 29.7 Å². The SMILES string of the molecule is Oc1cc2ccccc2nc1C1CNCc2ccccc21. The summed E-state index contributed by atoms with van der Waals surface area (Å²) in [5.41, 5.74) is 4.22. The quantitative estimate of drug-likeness (QED) is 0.717. The highest BCUT2D eigenvalue weighted by atomic mass is 16.3. The van der Waals surface area contributed by atoms with E-state index >= 15 is 0 Å². The zero-order chi connectivity index (χ0) is 14.2. The maximum atomic E-state index is 10.4. The Labute approximate surface area is 123 Å². The van der Waals surface area contributed by atoms with Crippen LogP contribution in [-0.4, -0.2) is 16.6 Å². The molecule has 3 aromatic rings. The fourth-order valence-corrected chi connectivity index (χ4v) is 3.12. The van der Waals surface area contributed by atoms with Gasteiger partial charge in [-0.05, 0) is 23.3 Å². The molecule has 2 heterocycles. The van der Waals surface area contributed by atoms with Crippen molar-refractivity contribution in [3.8, 4) is 5.75 Å². The van der Waals surface area contributed by atoms with Gasteiger partial charge in [-0.25, -0.2) is 4.98 Å². The summed E-state index contributed by atoms with van der Waals surface area (Å²) in [5.74, 6) is 0.372. The van der Waals surface area contributed by atoms with Crippen molar-refractivity contribution in [1.29, 1.82) is 0 Å². The van der Waals surface area contributed by atoms with Gasteiger partial charge in [-0.2, -0.15) is 0 Å². The predicted octanol–water partition coefficient (Wildman–Crippen LogP) is 3.18. The third kappa shape index (κ3) is 2.06. The average Bonchev–Trinajstić information content (AvgIpc) is 2.54. The molecule has 0 radical (unpaired) electrons. The normalized spacial score (nSPS) is 17.6. The summed E-state index contributed by atoms with van der Waals surface area (Å²) < 4.78 is 0. The highest BCUT2D eigenvalue weighted by Crippen LogP contribution is 2.35. The van der Waals surface area contributed by atoms with E-state index in [1.54, 1.807) is 0 Å².